The van der Waals surface area contributed by atoms with Crippen LogP contribution in [0, 0.1) is 15.9 Å². The molecule has 21 heavy (non-hydrogen) atoms. The number of hydrogen-bond donors (Lipinski definition) is 1. The van der Waals surface area contributed by atoms with E-state index >= 15 is 0 Å². The number of nitro benzene ring substituents is 1. The second-order valence-electron chi connectivity index (χ2n) is 4.27. The Kier molecular flexibility index (Phi) is 4.72. The molecule has 0 heterocycles. The van der Waals surface area contributed by atoms with Gasteiger partial charge in [0.05, 0.1) is 16.0 Å². The van der Waals surface area contributed by atoms with E-state index < -0.39 is 10.7 Å². The third kappa shape index (κ3) is 3.68. The van der Waals surface area contributed by atoms with Gasteiger partial charge in [-0.2, -0.15) is 0 Å². The summed E-state index contributed by atoms with van der Waals surface area (Å²) in [5.74, 6) is -0.575. The Labute approximate surface area is 125 Å². The fraction of sp³-hybridized carbons (Fsp3) is 0.143. The first-order valence-electron chi connectivity index (χ1n) is 6.06. The number of benzene rings is 2. The van der Waals surface area contributed by atoms with Gasteiger partial charge < -0.3 is 10.1 Å². The molecule has 0 spiro atoms. The highest BCUT2D eigenvalue weighted by Gasteiger charge is 2.13. The van der Waals surface area contributed by atoms with E-state index in [-0.39, 0.29) is 22.2 Å². The number of nitro groups is 1. The fourth-order valence-corrected chi connectivity index (χ4v) is 1.90. The summed E-state index contributed by atoms with van der Waals surface area (Å²) in [6, 6.07) is 8.22. The van der Waals surface area contributed by atoms with Gasteiger partial charge in [0.25, 0.3) is 5.69 Å². The minimum absolute atomic E-state index is 0.0335. The first kappa shape index (κ1) is 15.2. The Balaban J connectivity index is 2.29. The van der Waals surface area contributed by atoms with E-state index in [1.54, 1.807) is 13.1 Å². The molecule has 0 saturated carbocycles. The summed E-state index contributed by atoms with van der Waals surface area (Å²) in [6.45, 7) is 0.523. The van der Waals surface area contributed by atoms with Crippen LogP contribution in [0.15, 0.2) is 36.4 Å². The maximum Gasteiger partial charge on any atom is 0.273 e. The molecule has 0 aliphatic rings. The summed E-state index contributed by atoms with van der Waals surface area (Å²) in [5.41, 5.74) is 0.578. The number of halogens is 2. The zero-order chi connectivity index (χ0) is 15.4. The number of nitrogens with one attached hydrogen (secondary N) is 1. The van der Waals surface area contributed by atoms with E-state index in [2.05, 4.69) is 5.32 Å². The third-order valence-electron chi connectivity index (χ3n) is 2.72. The summed E-state index contributed by atoms with van der Waals surface area (Å²) in [4.78, 5) is 10.2. The molecule has 110 valence electrons. The van der Waals surface area contributed by atoms with Gasteiger partial charge >= 0.3 is 0 Å². The smallest absolute Gasteiger partial charge is 0.273 e. The molecule has 0 aromatic heterocycles. The van der Waals surface area contributed by atoms with Gasteiger partial charge in [0.15, 0.2) is 17.3 Å². The summed E-state index contributed by atoms with van der Waals surface area (Å²) < 4.78 is 19.3. The minimum atomic E-state index is -0.574. The number of rotatable bonds is 5. The zero-order valence-electron chi connectivity index (χ0n) is 11.1. The van der Waals surface area contributed by atoms with Crippen molar-refractivity contribution in [1.29, 1.82) is 0 Å². The molecule has 2 aromatic carbocycles. The van der Waals surface area contributed by atoms with E-state index in [0.29, 0.717) is 6.54 Å². The minimum Gasteiger partial charge on any atom is -0.452 e. The van der Waals surface area contributed by atoms with Crippen LogP contribution in [0.2, 0.25) is 5.02 Å². The van der Waals surface area contributed by atoms with Crippen LogP contribution in [0.3, 0.4) is 0 Å². The zero-order valence-corrected chi connectivity index (χ0v) is 11.9. The molecule has 0 bridgehead atoms. The first-order chi connectivity index (χ1) is 10.0. The highest BCUT2D eigenvalue weighted by atomic mass is 35.5. The van der Waals surface area contributed by atoms with Crippen molar-refractivity contribution >= 4 is 17.3 Å². The maximum absolute atomic E-state index is 13.9. The van der Waals surface area contributed by atoms with Crippen LogP contribution in [-0.2, 0) is 6.54 Å². The Bertz CT molecular complexity index is 679. The van der Waals surface area contributed by atoms with Gasteiger partial charge in [-0.3, -0.25) is 10.1 Å². The van der Waals surface area contributed by atoms with Crippen molar-refractivity contribution < 1.29 is 14.1 Å². The summed E-state index contributed by atoms with van der Waals surface area (Å²) in [6.07, 6.45) is 0. The molecule has 7 heteroatoms. The monoisotopic (exact) mass is 310 g/mol. The van der Waals surface area contributed by atoms with E-state index in [9.17, 15) is 14.5 Å². The Morgan fingerprint density at radius 1 is 1.29 bits per heavy atom. The van der Waals surface area contributed by atoms with Crippen LogP contribution < -0.4 is 10.1 Å². The van der Waals surface area contributed by atoms with Crippen LogP contribution in [0.4, 0.5) is 10.1 Å². The number of nitrogens with zero attached hydrogens (tertiary/aromatic N) is 1. The Hall–Kier alpha value is -2.18. The molecule has 0 amide bonds. The second-order valence-corrected chi connectivity index (χ2v) is 4.68. The fourth-order valence-electron chi connectivity index (χ4n) is 1.74. The van der Waals surface area contributed by atoms with Gasteiger partial charge in [-0.15, -0.1) is 0 Å². The van der Waals surface area contributed by atoms with E-state index in [1.807, 2.05) is 0 Å². The predicted octanol–water partition coefficient (Wildman–Crippen LogP) is 3.90. The van der Waals surface area contributed by atoms with Crippen LogP contribution >= 0.6 is 11.6 Å². The van der Waals surface area contributed by atoms with Gasteiger partial charge in [-0.05, 0) is 30.8 Å². The summed E-state index contributed by atoms with van der Waals surface area (Å²) >= 11 is 5.90. The topological polar surface area (TPSA) is 64.4 Å². The molecule has 1 N–H and O–H groups in total. The standard InChI is InChI=1S/C14H12ClFN2O3/c1-17-8-9-2-5-13(12(16)6-9)21-14-7-10(18(19)20)3-4-11(14)15/h2-7,17H,8H2,1H3. The van der Waals surface area contributed by atoms with Crippen molar-refractivity contribution in [3.8, 4) is 11.5 Å². The van der Waals surface area contributed by atoms with Gasteiger partial charge in [-0.1, -0.05) is 17.7 Å². The quantitative estimate of drug-likeness (QED) is 0.672. The normalized spacial score (nSPS) is 10.4. The lowest BCUT2D eigenvalue weighted by atomic mass is 10.2. The summed E-state index contributed by atoms with van der Waals surface area (Å²) in [5, 5.41) is 13.8. The Morgan fingerprint density at radius 2 is 2.05 bits per heavy atom. The summed E-state index contributed by atoms with van der Waals surface area (Å²) in [7, 11) is 1.76. The van der Waals surface area contributed by atoms with Crippen molar-refractivity contribution in [1.82, 2.24) is 5.32 Å². The number of hydrogen-bond acceptors (Lipinski definition) is 4. The highest BCUT2D eigenvalue weighted by molar-refractivity contribution is 6.32. The van der Waals surface area contributed by atoms with Gasteiger partial charge in [-0.25, -0.2) is 4.39 Å². The lowest BCUT2D eigenvalue weighted by molar-refractivity contribution is -0.384. The van der Waals surface area contributed by atoms with Crippen LogP contribution in [0.1, 0.15) is 5.56 Å². The van der Waals surface area contributed by atoms with Crippen LogP contribution in [0.25, 0.3) is 0 Å². The second kappa shape index (κ2) is 6.51. The molecule has 0 aliphatic carbocycles. The molecular formula is C14H12ClFN2O3. The number of non-ortho nitro benzene ring substituents is 1. The van der Waals surface area contributed by atoms with Crippen molar-refractivity contribution in [2.45, 2.75) is 6.54 Å². The number of ether oxygens (including phenoxy) is 1. The van der Waals surface area contributed by atoms with Crippen molar-refractivity contribution in [2.24, 2.45) is 0 Å². The lowest BCUT2D eigenvalue weighted by Gasteiger charge is -2.09. The molecule has 0 aliphatic heterocycles. The van der Waals surface area contributed by atoms with E-state index in [1.165, 1.54) is 24.3 Å². The molecule has 0 unspecified atom stereocenters. The van der Waals surface area contributed by atoms with Gasteiger partial charge in [0.1, 0.15) is 0 Å². The van der Waals surface area contributed by atoms with Crippen LogP contribution in [-0.4, -0.2) is 12.0 Å². The van der Waals surface area contributed by atoms with Crippen LogP contribution in [0.5, 0.6) is 11.5 Å². The molecule has 0 radical (unpaired) electrons. The molecule has 0 fully saturated rings. The average Bonchev–Trinajstić information content (AvgIpc) is 2.44. The van der Waals surface area contributed by atoms with Crippen molar-refractivity contribution in [3.63, 3.8) is 0 Å². The molecule has 0 atom stereocenters. The van der Waals surface area contributed by atoms with E-state index in [0.717, 1.165) is 11.6 Å². The van der Waals surface area contributed by atoms with E-state index in [4.69, 9.17) is 16.3 Å². The largest absolute Gasteiger partial charge is 0.452 e. The van der Waals surface area contributed by atoms with Crippen molar-refractivity contribution in [2.75, 3.05) is 7.05 Å². The Morgan fingerprint density at radius 3 is 2.67 bits per heavy atom. The maximum atomic E-state index is 13.9. The molecule has 0 saturated heterocycles. The SMILES string of the molecule is CNCc1ccc(Oc2cc([N+](=O)[O-])ccc2Cl)c(F)c1. The third-order valence-corrected chi connectivity index (χ3v) is 3.03. The highest BCUT2D eigenvalue weighted by Crippen LogP contribution is 2.33. The molecule has 2 rings (SSSR count). The van der Waals surface area contributed by atoms with Gasteiger partial charge in [0, 0.05) is 12.6 Å². The lowest BCUT2D eigenvalue weighted by Crippen LogP contribution is -2.05. The average molecular weight is 311 g/mol. The van der Waals surface area contributed by atoms with Crippen molar-refractivity contribution in [3.05, 3.63) is 62.9 Å². The first-order valence-corrected chi connectivity index (χ1v) is 6.44. The van der Waals surface area contributed by atoms with Gasteiger partial charge in [0.2, 0.25) is 0 Å². The predicted molar refractivity (Wildman–Crippen MR) is 77.3 cm³/mol. The molecule has 2 aromatic rings. The molecule has 5 nitrogen and oxygen atoms in total. The molecular weight excluding hydrogens is 299 g/mol.